The average Bonchev–Trinajstić information content (AvgIpc) is 2.64. The molecule has 0 heterocycles. The number of carbonyl (C=O) groups is 2. The smallest absolute Gasteiger partial charge is 0.163 e. The molecule has 0 bridgehead atoms. The Balaban J connectivity index is 0.000000461. The van der Waals surface area contributed by atoms with E-state index in [2.05, 4.69) is 11.9 Å². The van der Waals surface area contributed by atoms with Crippen LogP contribution in [0.15, 0.2) is 18.7 Å². The lowest BCUT2D eigenvalue weighted by Crippen LogP contribution is -2.11. The van der Waals surface area contributed by atoms with Crippen LogP contribution in [0.25, 0.3) is 5.70 Å². The summed E-state index contributed by atoms with van der Waals surface area (Å²) in [5, 5.41) is 2.83. The molecular formula is C23H36FNO2. The first-order chi connectivity index (χ1) is 12.6. The lowest BCUT2D eigenvalue weighted by Gasteiger charge is -2.13. The maximum atomic E-state index is 13.5. The van der Waals surface area contributed by atoms with Crippen LogP contribution in [-0.4, -0.2) is 18.6 Å². The third-order valence-electron chi connectivity index (χ3n) is 4.63. The molecule has 0 saturated heterocycles. The first kappa shape index (κ1) is 25.0. The summed E-state index contributed by atoms with van der Waals surface area (Å²) in [5.41, 5.74) is 2.05. The molecule has 152 valence electrons. The standard InChI is InChI=1S/C12H14FNO.C6H12.C5H10O/c1-7-5-6-10(13)12(9(3)15)11(7)8(2)14-4;1-2-4-6-5-3-1;1-4(2)5(3)6/h5-6,14H,2H2,1,3-4H3;1-6H2;4H,1-3H3. The molecule has 0 atom stereocenters. The molecule has 27 heavy (non-hydrogen) atoms. The molecule has 1 N–H and O–H groups in total. The zero-order chi connectivity index (χ0) is 21.0. The number of Topliss-reactive ketones (excluding diaryl/α,β-unsaturated/α-hetero) is 2. The van der Waals surface area contributed by atoms with E-state index in [1.807, 2.05) is 20.8 Å². The molecule has 1 aliphatic carbocycles. The van der Waals surface area contributed by atoms with Crippen LogP contribution in [-0.2, 0) is 4.79 Å². The number of ketones is 2. The Morgan fingerprint density at radius 3 is 1.70 bits per heavy atom. The van der Waals surface area contributed by atoms with Crippen molar-refractivity contribution in [2.75, 3.05) is 7.05 Å². The minimum Gasteiger partial charge on any atom is -0.388 e. The molecule has 0 aromatic heterocycles. The van der Waals surface area contributed by atoms with E-state index in [-0.39, 0.29) is 23.0 Å². The normalized spacial score (nSPS) is 12.9. The van der Waals surface area contributed by atoms with E-state index < -0.39 is 5.82 Å². The van der Waals surface area contributed by atoms with Crippen LogP contribution in [0.3, 0.4) is 0 Å². The summed E-state index contributed by atoms with van der Waals surface area (Å²) >= 11 is 0. The van der Waals surface area contributed by atoms with Gasteiger partial charge in [0.1, 0.15) is 11.6 Å². The first-order valence-corrected chi connectivity index (χ1v) is 9.80. The molecule has 1 aromatic rings. The van der Waals surface area contributed by atoms with Crippen molar-refractivity contribution < 1.29 is 14.0 Å². The second-order valence-electron chi connectivity index (χ2n) is 7.29. The fraction of sp³-hybridized carbons (Fsp3) is 0.565. The summed E-state index contributed by atoms with van der Waals surface area (Å²) in [6, 6.07) is 2.94. The summed E-state index contributed by atoms with van der Waals surface area (Å²) in [7, 11) is 1.69. The maximum absolute atomic E-state index is 13.5. The molecule has 1 aromatic carbocycles. The van der Waals surface area contributed by atoms with Gasteiger partial charge in [0.2, 0.25) is 0 Å². The van der Waals surface area contributed by atoms with E-state index in [4.69, 9.17) is 0 Å². The number of aryl methyl sites for hydroxylation is 1. The van der Waals surface area contributed by atoms with Gasteiger partial charge >= 0.3 is 0 Å². The third kappa shape index (κ3) is 9.50. The third-order valence-corrected chi connectivity index (χ3v) is 4.63. The highest BCUT2D eigenvalue weighted by molar-refractivity contribution is 5.99. The lowest BCUT2D eigenvalue weighted by atomic mass is 9.96. The SMILES string of the molecule is C1CCCCC1.C=C(NC)c1c(C)ccc(F)c1C(C)=O.CC(=O)C(C)C. The van der Waals surface area contributed by atoms with Crippen molar-refractivity contribution in [1.29, 1.82) is 0 Å². The van der Waals surface area contributed by atoms with Crippen molar-refractivity contribution in [2.24, 2.45) is 5.92 Å². The number of hydrogen-bond donors (Lipinski definition) is 1. The lowest BCUT2D eigenvalue weighted by molar-refractivity contribution is -0.119. The Morgan fingerprint density at radius 1 is 1.00 bits per heavy atom. The van der Waals surface area contributed by atoms with Gasteiger partial charge in [-0.15, -0.1) is 0 Å². The van der Waals surface area contributed by atoms with Crippen LogP contribution in [0.5, 0.6) is 0 Å². The summed E-state index contributed by atoms with van der Waals surface area (Å²) in [6.07, 6.45) is 9.00. The van der Waals surface area contributed by atoms with Crippen LogP contribution in [0, 0.1) is 18.7 Å². The summed E-state index contributed by atoms with van der Waals surface area (Å²) in [6.45, 7) is 12.3. The molecule has 0 radical (unpaired) electrons. The summed E-state index contributed by atoms with van der Waals surface area (Å²) < 4.78 is 13.5. The Bertz CT molecular complexity index is 620. The van der Waals surface area contributed by atoms with Gasteiger partial charge in [0.05, 0.1) is 5.56 Å². The molecule has 1 saturated carbocycles. The van der Waals surface area contributed by atoms with Crippen molar-refractivity contribution in [2.45, 2.75) is 73.1 Å². The molecule has 1 aliphatic rings. The van der Waals surface area contributed by atoms with Crippen LogP contribution < -0.4 is 5.32 Å². The fourth-order valence-corrected chi connectivity index (χ4v) is 2.60. The van der Waals surface area contributed by atoms with E-state index in [0.29, 0.717) is 11.3 Å². The summed E-state index contributed by atoms with van der Waals surface area (Å²) in [4.78, 5) is 21.5. The molecule has 0 unspecified atom stereocenters. The monoisotopic (exact) mass is 377 g/mol. The predicted octanol–water partition coefficient (Wildman–Crippen LogP) is 6.10. The van der Waals surface area contributed by atoms with E-state index in [1.54, 1.807) is 20.0 Å². The van der Waals surface area contributed by atoms with Gasteiger partial charge in [-0.05, 0) is 32.4 Å². The molecule has 1 fully saturated rings. The van der Waals surface area contributed by atoms with Gasteiger partial charge in [0.25, 0.3) is 0 Å². The van der Waals surface area contributed by atoms with Crippen LogP contribution in [0.2, 0.25) is 0 Å². The van der Waals surface area contributed by atoms with Gasteiger partial charge in [-0.2, -0.15) is 0 Å². The zero-order valence-corrected chi connectivity index (χ0v) is 17.9. The highest BCUT2D eigenvalue weighted by Gasteiger charge is 2.16. The Kier molecular flexibility index (Phi) is 12.3. The number of nitrogens with one attached hydrogen (secondary N) is 1. The van der Waals surface area contributed by atoms with Gasteiger partial charge in [-0.25, -0.2) is 4.39 Å². The Hall–Kier alpha value is -1.97. The predicted molar refractivity (Wildman–Crippen MR) is 112 cm³/mol. The van der Waals surface area contributed by atoms with Crippen LogP contribution >= 0.6 is 0 Å². The second-order valence-corrected chi connectivity index (χ2v) is 7.29. The Morgan fingerprint density at radius 2 is 1.41 bits per heavy atom. The minimum atomic E-state index is -0.500. The molecule has 0 spiro atoms. The van der Waals surface area contributed by atoms with Crippen LogP contribution in [0.4, 0.5) is 4.39 Å². The number of rotatable bonds is 4. The van der Waals surface area contributed by atoms with Gasteiger partial charge < -0.3 is 5.32 Å². The van der Waals surface area contributed by atoms with Crippen LogP contribution in [0.1, 0.15) is 87.7 Å². The molecule has 0 aliphatic heterocycles. The van der Waals surface area contributed by atoms with Crippen molar-refractivity contribution in [1.82, 2.24) is 5.32 Å². The van der Waals surface area contributed by atoms with E-state index in [0.717, 1.165) is 5.56 Å². The number of hydrogen-bond acceptors (Lipinski definition) is 3. The highest BCUT2D eigenvalue weighted by Crippen LogP contribution is 2.23. The molecule has 2 rings (SSSR count). The van der Waals surface area contributed by atoms with Crippen molar-refractivity contribution in [3.63, 3.8) is 0 Å². The van der Waals surface area contributed by atoms with E-state index >= 15 is 0 Å². The highest BCUT2D eigenvalue weighted by atomic mass is 19.1. The Labute approximate surface area is 164 Å². The first-order valence-electron chi connectivity index (χ1n) is 9.80. The zero-order valence-electron chi connectivity index (χ0n) is 17.9. The van der Waals surface area contributed by atoms with Crippen molar-refractivity contribution >= 4 is 17.3 Å². The van der Waals surface area contributed by atoms with Gasteiger partial charge in [0, 0.05) is 24.2 Å². The quantitative estimate of drug-likeness (QED) is 0.645. The van der Waals surface area contributed by atoms with E-state index in [1.165, 1.54) is 51.5 Å². The van der Waals surface area contributed by atoms with Gasteiger partial charge in [-0.3, -0.25) is 9.59 Å². The van der Waals surface area contributed by atoms with Gasteiger partial charge in [-0.1, -0.05) is 65.0 Å². The topological polar surface area (TPSA) is 46.2 Å². The number of halogens is 1. The minimum absolute atomic E-state index is 0.106. The second kappa shape index (κ2) is 13.2. The summed E-state index contributed by atoms with van der Waals surface area (Å²) in [5.74, 6) is -0.317. The largest absolute Gasteiger partial charge is 0.388 e. The molecule has 0 amide bonds. The fourth-order valence-electron chi connectivity index (χ4n) is 2.60. The molecule has 3 nitrogen and oxygen atoms in total. The van der Waals surface area contributed by atoms with E-state index in [9.17, 15) is 14.0 Å². The maximum Gasteiger partial charge on any atom is 0.163 e. The number of benzene rings is 1. The molecular weight excluding hydrogens is 341 g/mol. The molecule has 4 heteroatoms. The van der Waals surface area contributed by atoms with Crippen molar-refractivity contribution in [3.8, 4) is 0 Å². The average molecular weight is 378 g/mol. The number of carbonyl (C=O) groups excluding carboxylic acids is 2. The van der Waals surface area contributed by atoms with Crippen molar-refractivity contribution in [3.05, 3.63) is 41.2 Å². The van der Waals surface area contributed by atoms with Gasteiger partial charge in [0.15, 0.2) is 5.78 Å².